The van der Waals surface area contributed by atoms with Gasteiger partial charge in [-0.15, -0.1) is 0 Å². The predicted molar refractivity (Wildman–Crippen MR) is 80.0 cm³/mol. The maximum absolute atomic E-state index is 11.6. The van der Waals surface area contributed by atoms with E-state index in [9.17, 15) is 9.90 Å². The number of hydrogen-bond donors (Lipinski definition) is 1. The third-order valence-corrected chi connectivity index (χ3v) is 3.88. The Hall–Kier alpha value is -1.62. The standard InChI is InChI=1S/C15H11Cl2NO3/c1-6-9(7(2)19)5-11-13(18-6)10-3-8(16)4-12(17)14(10)21-15(11)20/h3-5,15,20H,1-2H3. The summed E-state index contributed by atoms with van der Waals surface area (Å²) in [6.07, 6.45) is -1.22. The summed E-state index contributed by atoms with van der Waals surface area (Å²) in [5.74, 6) is 0.216. The average Bonchev–Trinajstić information content (AvgIpc) is 2.39. The molecule has 0 aliphatic carbocycles. The number of ketones is 1. The lowest BCUT2D eigenvalue weighted by Gasteiger charge is -2.26. The molecule has 1 aromatic heterocycles. The molecule has 4 nitrogen and oxygen atoms in total. The van der Waals surface area contributed by atoms with Gasteiger partial charge in [-0.25, -0.2) is 0 Å². The van der Waals surface area contributed by atoms with E-state index in [0.29, 0.717) is 43.9 Å². The number of halogens is 2. The van der Waals surface area contributed by atoms with Crippen LogP contribution >= 0.6 is 23.2 Å². The predicted octanol–water partition coefficient (Wildman–Crippen LogP) is 3.95. The first-order chi connectivity index (χ1) is 9.88. The van der Waals surface area contributed by atoms with Gasteiger partial charge < -0.3 is 9.84 Å². The highest BCUT2D eigenvalue weighted by Crippen LogP contribution is 2.46. The lowest BCUT2D eigenvalue weighted by Crippen LogP contribution is -2.17. The van der Waals surface area contributed by atoms with Gasteiger partial charge in [0, 0.05) is 27.4 Å². The van der Waals surface area contributed by atoms with Crippen molar-refractivity contribution >= 4 is 29.0 Å². The quantitative estimate of drug-likeness (QED) is 0.807. The molecule has 0 amide bonds. The number of Topliss-reactive ketones (excluding diaryl/α,β-unsaturated/α-hetero) is 1. The number of ether oxygens (including phenoxy) is 1. The summed E-state index contributed by atoms with van der Waals surface area (Å²) in [5.41, 5.74) is 2.59. The lowest BCUT2D eigenvalue weighted by atomic mass is 9.98. The smallest absolute Gasteiger partial charge is 0.226 e. The number of nitrogens with zero attached hydrogens (tertiary/aromatic N) is 1. The molecule has 0 fully saturated rings. The number of aromatic nitrogens is 1. The van der Waals surface area contributed by atoms with Crippen molar-refractivity contribution in [2.45, 2.75) is 20.1 Å². The van der Waals surface area contributed by atoms with Crippen molar-refractivity contribution < 1.29 is 14.6 Å². The number of aliphatic hydroxyl groups is 1. The van der Waals surface area contributed by atoms with Crippen LogP contribution in [-0.4, -0.2) is 15.9 Å². The highest BCUT2D eigenvalue weighted by molar-refractivity contribution is 6.36. The lowest BCUT2D eigenvalue weighted by molar-refractivity contribution is -0.0216. The average molecular weight is 324 g/mol. The zero-order valence-electron chi connectivity index (χ0n) is 11.3. The zero-order chi connectivity index (χ0) is 15.3. The zero-order valence-corrected chi connectivity index (χ0v) is 12.8. The van der Waals surface area contributed by atoms with Gasteiger partial charge in [0.15, 0.2) is 11.5 Å². The first-order valence-corrected chi connectivity index (χ1v) is 7.00. The number of pyridine rings is 1. The fourth-order valence-corrected chi connectivity index (χ4v) is 2.95. The number of carbonyl (C=O) groups is 1. The van der Waals surface area contributed by atoms with Crippen LogP contribution in [0.1, 0.15) is 34.8 Å². The highest BCUT2D eigenvalue weighted by Gasteiger charge is 2.29. The van der Waals surface area contributed by atoms with Gasteiger partial charge in [0.05, 0.1) is 10.7 Å². The van der Waals surface area contributed by atoms with E-state index in [1.165, 1.54) is 13.0 Å². The van der Waals surface area contributed by atoms with Gasteiger partial charge in [0.25, 0.3) is 0 Å². The van der Waals surface area contributed by atoms with Crippen LogP contribution in [0.15, 0.2) is 18.2 Å². The van der Waals surface area contributed by atoms with Crippen molar-refractivity contribution in [3.63, 3.8) is 0 Å². The summed E-state index contributed by atoms with van der Waals surface area (Å²) in [5, 5.41) is 10.9. The van der Waals surface area contributed by atoms with Gasteiger partial charge in [-0.05, 0) is 32.0 Å². The molecule has 0 saturated carbocycles. The maximum atomic E-state index is 11.6. The largest absolute Gasteiger partial charge is 0.458 e. The van der Waals surface area contributed by atoms with Crippen molar-refractivity contribution in [2.75, 3.05) is 0 Å². The minimum absolute atomic E-state index is 0.120. The molecule has 2 heterocycles. The first kappa shape index (κ1) is 14.3. The summed E-state index contributed by atoms with van der Waals surface area (Å²) < 4.78 is 5.43. The molecule has 1 N–H and O–H groups in total. The van der Waals surface area contributed by atoms with Gasteiger partial charge >= 0.3 is 0 Å². The molecule has 0 bridgehead atoms. The van der Waals surface area contributed by atoms with E-state index in [1.54, 1.807) is 19.1 Å². The van der Waals surface area contributed by atoms with Crippen molar-refractivity contribution in [3.05, 3.63) is 45.1 Å². The number of rotatable bonds is 1. The van der Waals surface area contributed by atoms with Crippen molar-refractivity contribution in [3.8, 4) is 17.0 Å². The Bertz CT molecular complexity index is 774. The summed E-state index contributed by atoms with van der Waals surface area (Å²) in [7, 11) is 0. The topological polar surface area (TPSA) is 59.4 Å². The Morgan fingerprint density at radius 1 is 1.33 bits per heavy atom. The van der Waals surface area contributed by atoms with E-state index in [1.807, 2.05) is 0 Å². The van der Waals surface area contributed by atoms with Crippen LogP contribution in [0.25, 0.3) is 11.3 Å². The van der Waals surface area contributed by atoms with Crippen LogP contribution in [-0.2, 0) is 0 Å². The third-order valence-electron chi connectivity index (χ3n) is 3.38. The number of hydrogen-bond acceptors (Lipinski definition) is 4. The molecule has 1 aromatic carbocycles. The molecule has 3 rings (SSSR count). The molecule has 6 heteroatoms. The Balaban J connectivity index is 2.32. The molecule has 21 heavy (non-hydrogen) atoms. The second kappa shape index (κ2) is 4.98. The summed E-state index contributed by atoms with van der Waals surface area (Å²) in [6, 6.07) is 4.81. The van der Waals surface area contributed by atoms with Gasteiger partial charge in [0.2, 0.25) is 6.29 Å². The number of aliphatic hydroxyl groups excluding tert-OH is 1. The van der Waals surface area contributed by atoms with E-state index < -0.39 is 6.29 Å². The minimum Gasteiger partial charge on any atom is -0.458 e. The van der Waals surface area contributed by atoms with Crippen molar-refractivity contribution in [1.82, 2.24) is 4.98 Å². The molecule has 0 saturated heterocycles. The number of carbonyl (C=O) groups excluding carboxylic acids is 1. The van der Waals surface area contributed by atoms with E-state index >= 15 is 0 Å². The normalized spacial score (nSPS) is 16.0. The van der Waals surface area contributed by atoms with E-state index in [2.05, 4.69) is 4.98 Å². The second-order valence-corrected chi connectivity index (χ2v) is 5.69. The molecule has 2 aromatic rings. The Morgan fingerprint density at radius 2 is 2.05 bits per heavy atom. The first-order valence-electron chi connectivity index (χ1n) is 6.25. The summed E-state index contributed by atoms with van der Waals surface area (Å²) in [6.45, 7) is 3.19. The molecular formula is C15H11Cl2NO3. The molecule has 0 spiro atoms. The molecular weight excluding hydrogens is 313 g/mol. The molecule has 1 aliphatic rings. The number of benzene rings is 1. The van der Waals surface area contributed by atoms with Crippen LogP contribution < -0.4 is 4.74 Å². The summed E-state index contributed by atoms with van der Waals surface area (Å²) in [4.78, 5) is 16.0. The second-order valence-electron chi connectivity index (χ2n) is 4.85. The maximum Gasteiger partial charge on any atom is 0.226 e. The minimum atomic E-state index is -1.22. The van der Waals surface area contributed by atoms with E-state index in [4.69, 9.17) is 27.9 Å². The van der Waals surface area contributed by atoms with Crippen LogP contribution in [0.3, 0.4) is 0 Å². The van der Waals surface area contributed by atoms with Crippen molar-refractivity contribution in [2.24, 2.45) is 0 Å². The fraction of sp³-hybridized carbons (Fsp3) is 0.200. The van der Waals surface area contributed by atoms with Crippen LogP contribution in [0, 0.1) is 6.92 Å². The van der Waals surface area contributed by atoms with Crippen LogP contribution in [0.5, 0.6) is 5.75 Å². The van der Waals surface area contributed by atoms with Gasteiger partial charge in [0.1, 0.15) is 0 Å². The van der Waals surface area contributed by atoms with Crippen LogP contribution in [0.4, 0.5) is 0 Å². The molecule has 1 aliphatic heterocycles. The highest BCUT2D eigenvalue weighted by atomic mass is 35.5. The van der Waals surface area contributed by atoms with Gasteiger partial charge in [-0.2, -0.15) is 0 Å². The van der Waals surface area contributed by atoms with Crippen molar-refractivity contribution in [1.29, 1.82) is 0 Å². The Morgan fingerprint density at radius 3 is 2.71 bits per heavy atom. The van der Waals surface area contributed by atoms with Gasteiger partial charge in [-0.3, -0.25) is 9.78 Å². The van der Waals surface area contributed by atoms with E-state index in [0.717, 1.165) is 0 Å². The number of fused-ring (bicyclic) bond motifs is 3. The summed E-state index contributed by atoms with van der Waals surface area (Å²) >= 11 is 12.1. The van der Waals surface area contributed by atoms with Gasteiger partial charge in [-0.1, -0.05) is 23.2 Å². The third kappa shape index (κ3) is 2.29. The van der Waals surface area contributed by atoms with E-state index in [-0.39, 0.29) is 5.78 Å². The molecule has 0 radical (unpaired) electrons. The molecule has 108 valence electrons. The molecule has 1 atom stereocenters. The monoisotopic (exact) mass is 323 g/mol. The Labute approximate surface area is 131 Å². The fourth-order valence-electron chi connectivity index (χ4n) is 2.41. The Kier molecular flexibility index (Phi) is 3.40. The van der Waals surface area contributed by atoms with Crippen LogP contribution in [0.2, 0.25) is 10.0 Å². The molecule has 1 unspecified atom stereocenters. The number of aryl methyl sites for hydroxylation is 1. The SMILES string of the molecule is CC(=O)c1cc2c(nc1C)-c1cc(Cl)cc(Cl)c1OC2O.